The summed E-state index contributed by atoms with van der Waals surface area (Å²) in [7, 11) is 0. The van der Waals surface area contributed by atoms with Crippen LogP contribution >= 0.6 is 15.9 Å². The van der Waals surface area contributed by atoms with Gasteiger partial charge in [0.05, 0.1) is 0 Å². The number of nitrogens with one attached hydrogen (secondary N) is 1. The van der Waals surface area contributed by atoms with Crippen molar-refractivity contribution in [3.63, 3.8) is 0 Å². The van der Waals surface area contributed by atoms with Crippen LogP contribution in [-0.4, -0.2) is 10.9 Å². The molecule has 0 saturated heterocycles. The molecule has 1 heterocycles. The molecule has 0 aliphatic rings. The molecule has 19 heavy (non-hydrogen) atoms. The molecule has 0 radical (unpaired) electrons. The molecule has 0 bridgehead atoms. The fraction of sp³-hybridized carbons (Fsp3) is 0.0667. The predicted molar refractivity (Wildman–Crippen MR) is 79.3 cm³/mol. The van der Waals surface area contributed by atoms with E-state index >= 15 is 0 Å². The standard InChI is InChI=1S/C15H13BrN2O/c16-14-5-1-3-13(9-14)11-18-15(19)7-6-12-4-2-8-17-10-12/h1-10H,11H2,(H,18,19)/b7-6+. The van der Waals surface area contributed by atoms with Crippen LogP contribution in [-0.2, 0) is 11.3 Å². The van der Waals surface area contributed by atoms with Crippen LogP contribution in [0.15, 0.2) is 59.3 Å². The van der Waals surface area contributed by atoms with Crippen molar-refractivity contribution in [2.24, 2.45) is 0 Å². The van der Waals surface area contributed by atoms with Crippen molar-refractivity contribution in [3.05, 3.63) is 70.5 Å². The largest absolute Gasteiger partial charge is 0.348 e. The van der Waals surface area contributed by atoms with Crippen LogP contribution in [0.25, 0.3) is 6.08 Å². The van der Waals surface area contributed by atoms with Crippen molar-refractivity contribution in [2.45, 2.75) is 6.54 Å². The van der Waals surface area contributed by atoms with Crippen molar-refractivity contribution in [3.8, 4) is 0 Å². The second-order valence-corrected chi connectivity index (χ2v) is 4.88. The molecular weight excluding hydrogens is 304 g/mol. The van der Waals surface area contributed by atoms with Crippen molar-refractivity contribution in [1.29, 1.82) is 0 Å². The number of carbonyl (C=O) groups excluding carboxylic acids is 1. The van der Waals surface area contributed by atoms with Crippen LogP contribution < -0.4 is 5.32 Å². The number of rotatable bonds is 4. The Morgan fingerprint density at radius 1 is 1.32 bits per heavy atom. The minimum Gasteiger partial charge on any atom is -0.348 e. The third-order valence-corrected chi connectivity index (χ3v) is 2.96. The van der Waals surface area contributed by atoms with E-state index < -0.39 is 0 Å². The lowest BCUT2D eigenvalue weighted by Gasteiger charge is -2.02. The zero-order chi connectivity index (χ0) is 13.5. The summed E-state index contributed by atoms with van der Waals surface area (Å²) in [4.78, 5) is 15.6. The molecule has 0 saturated carbocycles. The van der Waals surface area contributed by atoms with Gasteiger partial charge in [-0.1, -0.05) is 34.1 Å². The summed E-state index contributed by atoms with van der Waals surface area (Å²) in [6, 6.07) is 11.6. The number of hydrogen-bond donors (Lipinski definition) is 1. The second kappa shape index (κ2) is 6.85. The molecule has 0 unspecified atom stereocenters. The van der Waals surface area contributed by atoms with E-state index in [4.69, 9.17) is 0 Å². The van der Waals surface area contributed by atoms with Gasteiger partial charge in [-0.2, -0.15) is 0 Å². The lowest BCUT2D eigenvalue weighted by Crippen LogP contribution is -2.20. The molecule has 0 aliphatic heterocycles. The van der Waals surface area contributed by atoms with Crippen LogP contribution in [0.3, 0.4) is 0 Å². The maximum absolute atomic E-state index is 11.6. The first kappa shape index (κ1) is 13.5. The maximum Gasteiger partial charge on any atom is 0.244 e. The second-order valence-electron chi connectivity index (χ2n) is 3.97. The van der Waals surface area contributed by atoms with Crippen LogP contribution in [0.1, 0.15) is 11.1 Å². The van der Waals surface area contributed by atoms with Crippen LogP contribution in [0.5, 0.6) is 0 Å². The molecule has 1 aromatic carbocycles. The highest BCUT2D eigenvalue weighted by Gasteiger charge is 1.97. The molecular formula is C15H13BrN2O. The van der Waals surface area contributed by atoms with Gasteiger partial charge in [0.2, 0.25) is 5.91 Å². The summed E-state index contributed by atoms with van der Waals surface area (Å²) in [6.07, 6.45) is 6.65. The molecule has 4 heteroatoms. The number of pyridine rings is 1. The number of carbonyl (C=O) groups is 1. The van der Waals surface area contributed by atoms with E-state index in [2.05, 4.69) is 26.2 Å². The van der Waals surface area contributed by atoms with E-state index in [0.29, 0.717) is 6.54 Å². The van der Waals surface area contributed by atoms with E-state index in [1.165, 1.54) is 6.08 Å². The summed E-state index contributed by atoms with van der Waals surface area (Å²) in [5.74, 6) is -0.121. The third kappa shape index (κ3) is 4.67. The van der Waals surface area contributed by atoms with Crippen LogP contribution in [0.4, 0.5) is 0 Å². The molecule has 1 aromatic heterocycles. The number of nitrogens with zero attached hydrogens (tertiary/aromatic N) is 1. The first-order valence-corrected chi connectivity index (χ1v) is 6.64. The van der Waals surface area contributed by atoms with Crippen LogP contribution in [0.2, 0.25) is 0 Å². The monoisotopic (exact) mass is 316 g/mol. The zero-order valence-corrected chi connectivity index (χ0v) is 11.8. The summed E-state index contributed by atoms with van der Waals surface area (Å²) in [5.41, 5.74) is 1.96. The lowest BCUT2D eigenvalue weighted by molar-refractivity contribution is -0.116. The quantitative estimate of drug-likeness (QED) is 0.880. The Balaban J connectivity index is 1.87. The Labute approximate surface area is 120 Å². The first-order chi connectivity index (χ1) is 9.24. The molecule has 2 rings (SSSR count). The van der Waals surface area contributed by atoms with Gasteiger partial charge in [0, 0.05) is 29.5 Å². The van der Waals surface area contributed by atoms with Crippen molar-refractivity contribution < 1.29 is 4.79 Å². The highest BCUT2D eigenvalue weighted by Crippen LogP contribution is 2.11. The Morgan fingerprint density at radius 2 is 2.21 bits per heavy atom. The minimum absolute atomic E-state index is 0.121. The SMILES string of the molecule is O=C(/C=C/c1cccnc1)NCc1cccc(Br)c1. The average Bonchev–Trinajstić information content (AvgIpc) is 2.44. The summed E-state index contributed by atoms with van der Waals surface area (Å²) in [5, 5.41) is 2.83. The van der Waals surface area contributed by atoms with Gasteiger partial charge in [-0.15, -0.1) is 0 Å². The summed E-state index contributed by atoms with van der Waals surface area (Å²) >= 11 is 3.40. The number of aromatic nitrogens is 1. The Morgan fingerprint density at radius 3 is 2.95 bits per heavy atom. The van der Waals surface area contributed by atoms with Gasteiger partial charge in [-0.05, 0) is 35.4 Å². The number of amides is 1. The molecule has 0 spiro atoms. The van der Waals surface area contributed by atoms with Gasteiger partial charge in [-0.3, -0.25) is 9.78 Å². The fourth-order valence-electron chi connectivity index (χ4n) is 1.54. The highest BCUT2D eigenvalue weighted by atomic mass is 79.9. The van der Waals surface area contributed by atoms with Gasteiger partial charge < -0.3 is 5.32 Å². The van der Waals surface area contributed by atoms with Gasteiger partial charge in [0.15, 0.2) is 0 Å². The topological polar surface area (TPSA) is 42.0 Å². The third-order valence-electron chi connectivity index (χ3n) is 2.47. The molecule has 0 aliphatic carbocycles. The van der Waals surface area contributed by atoms with Gasteiger partial charge >= 0.3 is 0 Å². The molecule has 0 fully saturated rings. The van der Waals surface area contributed by atoms with Crippen LogP contribution in [0, 0.1) is 0 Å². The summed E-state index contributed by atoms with van der Waals surface area (Å²) in [6.45, 7) is 0.510. The van der Waals surface area contributed by atoms with Crippen molar-refractivity contribution in [1.82, 2.24) is 10.3 Å². The molecule has 96 valence electrons. The molecule has 0 atom stereocenters. The van der Waals surface area contributed by atoms with Gasteiger partial charge in [0.1, 0.15) is 0 Å². The normalized spacial score (nSPS) is 10.6. The smallest absolute Gasteiger partial charge is 0.244 e. The van der Waals surface area contributed by atoms with E-state index in [1.54, 1.807) is 18.5 Å². The predicted octanol–water partition coefficient (Wildman–Crippen LogP) is 3.17. The minimum atomic E-state index is -0.121. The maximum atomic E-state index is 11.6. The van der Waals surface area contributed by atoms with E-state index in [1.807, 2.05) is 36.4 Å². The molecule has 1 amide bonds. The molecule has 2 aromatic rings. The lowest BCUT2D eigenvalue weighted by atomic mass is 10.2. The Bertz CT molecular complexity index is 582. The van der Waals surface area contributed by atoms with E-state index in [0.717, 1.165) is 15.6 Å². The molecule has 3 nitrogen and oxygen atoms in total. The number of benzene rings is 1. The average molecular weight is 317 g/mol. The zero-order valence-electron chi connectivity index (χ0n) is 10.2. The van der Waals surface area contributed by atoms with Crippen molar-refractivity contribution >= 4 is 27.9 Å². The summed E-state index contributed by atoms with van der Waals surface area (Å²) < 4.78 is 1.00. The fourth-order valence-corrected chi connectivity index (χ4v) is 1.99. The highest BCUT2D eigenvalue weighted by molar-refractivity contribution is 9.10. The van der Waals surface area contributed by atoms with E-state index in [-0.39, 0.29) is 5.91 Å². The van der Waals surface area contributed by atoms with Gasteiger partial charge in [-0.25, -0.2) is 0 Å². The Kier molecular flexibility index (Phi) is 4.86. The van der Waals surface area contributed by atoms with E-state index in [9.17, 15) is 4.79 Å². The Hall–Kier alpha value is -1.94. The number of halogens is 1. The first-order valence-electron chi connectivity index (χ1n) is 5.84. The molecule has 1 N–H and O–H groups in total. The van der Waals surface area contributed by atoms with Crippen molar-refractivity contribution in [2.75, 3.05) is 0 Å². The van der Waals surface area contributed by atoms with Gasteiger partial charge in [0.25, 0.3) is 0 Å². The number of hydrogen-bond acceptors (Lipinski definition) is 2.